The van der Waals surface area contributed by atoms with Crippen molar-refractivity contribution in [2.75, 3.05) is 19.5 Å². The first-order valence-corrected chi connectivity index (χ1v) is 10.5. The minimum atomic E-state index is -0.106. The van der Waals surface area contributed by atoms with Gasteiger partial charge in [-0.05, 0) is 44.0 Å². The second-order valence-electron chi connectivity index (χ2n) is 6.89. The predicted molar refractivity (Wildman–Crippen MR) is 118 cm³/mol. The van der Waals surface area contributed by atoms with Crippen LogP contribution in [0.2, 0.25) is 0 Å². The van der Waals surface area contributed by atoms with Gasteiger partial charge in [-0.2, -0.15) is 10.1 Å². The zero-order valence-electron chi connectivity index (χ0n) is 17.7. The Hall–Kier alpha value is -3.53. The van der Waals surface area contributed by atoms with Crippen LogP contribution in [0.15, 0.2) is 29.9 Å². The molecule has 0 saturated heterocycles. The monoisotopic (exact) mass is 438 g/mol. The Balaban J connectivity index is 1.43. The summed E-state index contributed by atoms with van der Waals surface area (Å²) in [5, 5.41) is 9.51. The van der Waals surface area contributed by atoms with Crippen LogP contribution in [0.5, 0.6) is 11.5 Å². The van der Waals surface area contributed by atoms with Gasteiger partial charge in [-0.15, -0.1) is 11.3 Å². The number of thiazole rings is 1. The van der Waals surface area contributed by atoms with Gasteiger partial charge in [0.15, 0.2) is 16.6 Å². The van der Waals surface area contributed by atoms with Gasteiger partial charge in [0.2, 0.25) is 5.91 Å². The Morgan fingerprint density at radius 3 is 2.74 bits per heavy atom. The molecule has 0 fully saturated rings. The summed E-state index contributed by atoms with van der Waals surface area (Å²) in [6.07, 6.45) is 2.35. The van der Waals surface area contributed by atoms with Crippen LogP contribution < -0.4 is 14.8 Å². The summed E-state index contributed by atoms with van der Waals surface area (Å²) in [6, 6.07) is 5.59. The van der Waals surface area contributed by atoms with E-state index in [1.807, 2.05) is 37.4 Å². The molecule has 1 aromatic carbocycles. The molecule has 31 heavy (non-hydrogen) atoms. The second-order valence-corrected chi connectivity index (χ2v) is 7.75. The quantitative estimate of drug-likeness (QED) is 0.471. The van der Waals surface area contributed by atoms with Crippen LogP contribution in [0.3, 0.4) is 0 Å². The molecule has 1 N–H and O–H groups in total. The number of nitrogens with one attached hydrogen (secondary N) is 1. The van der Waals surface area contributed by atoms with E-state index in [2.05, 4.69) is 25.4 Å². The van der Waals surface area contributed by atoms with E-state index in [0.717, 1.165) is 28.2 Å². The van der Waals surface area contributed by atoms with Crippen LogP contribution >= 0.6 is 11.3 Å². The van der Waals surface area contributed by atoms with Crippen LogP contribution in [-0.4, -0.2) is 44.7 Å². The summed E-state index contributed by atoms with van der Waals surface area (Å²) in [5.74, 6) is 1.74. The van der Waals surface area contributed by atoms with Crippen molar-refractivity contribution in [2.45, 2.75) is 26.7 Å². The first-order valence-electron chi connectivity index (χ1n) is 9.63. The van der Waals surface area contributed by atoms with Gasteiger partial charge in [0.05, 0.1) is 19.9 Å². The lowest BCUT2D eigenvalue weighted by atomic mass is 10.1. The van der Waals surface area contributed by atoms with Gasteiger partial charge in [-0.25, -0.2) is 14.5 Å². The van der Waals surface area contributed by atoms with Gasteiger partial charge >= 0.3 is 0 Å². The zero-order valence-corrected chi connectivity index (χ0v) is 18.5. The molecular weight excluding hydrogens is 416 g/mol. The van der Waals surface area contributed by atoms with Crippen molar-refractivity contribution in [2.24, 2.45) is 0 Å². The van der Waals surface area contributed by atoms with E-state index in [1.165, 1.54) is 17.7 Å². The van der Waals surface area contributed by atoms with E-state index in [-0.39, 0.29) is 5.91 Å². The van der Waals surface area contributed by atoms with Crippen LogP contribution in [0.1, 0.15) is 23.4 Å². The number of aromatic nitrogens is 5. The van der Waals surface area contributed by atoms with Gasteiger partial charge in [0.1, 0.15) is 6.33 Å². The number of rotatable bonds is 7. The van der Waals surface area contributed by atoms with Crippen LogP contribution in [0.25, 0.3) is 17.0 Å². The van der Waals surface area contributed by atoms with Crippen LogP contribution in [-0.2, 0) is 11.2 Å². The lowest BCUT2D eigenvalue weighted by Crippen LogP contribution is -2.14. The van der Waals surface area contributed by atoms with Gasteiger partial charge in [0.25, 0.3) is 5.78 Å². The van der Waals surface area contributed by atoms with Crippen molar-refractivity contribution in [1.82, 2.24) is 24.6 Å². The highest BCUT2D eigenvalue weighted by atomic mass is 32.1. The van der Waals surface area contributed by atoms with Crippen molar-refractivity contribution >= 4 is 28.2 Å². The molecule has 0 radical (unpaired) electrons. The van der Waals surface area contributed by atoms with Crippen molar-refractivity contribution < 1.29 is 14.3 Å². The summed E-state index contributed by atoms with van der Waals surface area (Å²) in [7, 11) is 3.19. The number of ether oxygens (including phenoxy) is 2. The Morgan fingerprint density at radius 2 is 1.97 bits per heavy atom. The molecule has 4 rings (SSSR count). The Kier molecular flexibility index (Phi) is 5.81. The highest BCUT2D eigenvalue weighted by molar-refractivity contribution is 7.14. The van der Waals surface area contributed by atoms with Gasteiger partial charge < -0.3 is 14.8 Å². The molecule has 0 saturated carbocycles. The highest BCUT2D eigenvalue weighted by Crippen LogP contribution is 2.33. The summed E-state index contributed by atoms with van der Waals surface area (Å²) in [5.41, 5.74) is 4.44. The number of anilines is 1. The van der Waals surface area contributed by atoms with E-state index < -0.39 is 0 Å². The molecule has 1 amide bonds. The number of carbonyl (C=O) groups is 1. The minimum absolute atomic E-state index is 0.106. The molecule has 0 aliphatic carbocycles. The molecule has 0 atom stereocenters. The van der Waals surface area contributed by atoms with Crippen molar-refractivity contribution in [3.05, 3.63) is 46.9 Å². The maximum atomic E-state index is 12.5. The largest absolute Gasteiger partial charge is 0.493 e. The average Bonchev–Trinajstić information content (AvgIpc) is 3.42. The summed E-state index contributed by atoms with van der Waals surface area (Å²) < 4.78 is 12.3. The third-order valence-corrected chi connectivity index (χ3v) is 5.78. The Labute approximate surface area is 183 Å². The third kappa shape index (κ3) is 4.19. The second kappa shape index (κ2) is 8.68. The molecule has 3 heterocycles. The zero-order chi connectivity index (χ0) is 22.0. The van der Waals surface area contributed by atoms with Gasteiger partial charge in [-0.3, -0.25) is 4.79 Å². The molecule has 0 aliphatic heterocycles. The summed E-state index contributed by atoms with van der Waals surface area (Å²) >= 11 is 1.38. The number of fused-ring (bicyclic) bond motifs is 1. The van der Waals surface area contributed by atoms with Gasteiger partial charge in [0, 0.05) is 28.8 Å². The third-order valence-electron chi connectivity index (χ3n) is 5.02. The fraction of sp³-hybridized carbons (Fsp3) is 0.286. The Bertz CT molecular complexity index is 1250. The van der Waals surface area contributed by atoms with E-state index in [1.54, 1.807) is 18.7 Å². The molecule has 9 nitrogen and oxygen atoms in total. The van der Waals surface area contributed by atoms with E-state index in [0.29, 0.717) is 35.2 Å². The predicted octanol–water partition coefficient (Wildman–Crippen LogP) is 3.45. The fourth-order valence-corrected chi connectivity index (χ4v) is 4.13. The smallest absolute Gasteiger partial charge is 0.252 e. The van der Waals surface area contributed by atoms with Crippen molar-refractivity contribution in [3.63, 3.8) is 0 Å². The number of hydrogen-bond donors (Lipinski definition) is 1. The van der Waals surface area contributed by atoms with E-state index in [4.69, 9.17) is 9.47 Å². The topological polar surface area (TPSA) is 104 Å². The van der Waals surface area contributed by atoms with Gasteiger partial charge in [-0.1, -0.05) is 0 Å². The number of methoxy groups -OCH3 is 2. The number of benzene rings is 1. The molecule has 0 unspecified atom stereocenters. The SMILES string of the molecule is COc1ccc(-c2csc(NC(=O)CCc3c(C)nc4ncnn4c3C)n2)cc1OC. The number of aryl methyl sites for hydroxylation is 2. The summed E-state index contributed by atoms with van der Waals surface area (Å²) in [6.45, 7) is 3.88. The number of nitrogens with zero attached hydrogens (tertiary/aromatic N) is 5. The van der Waals surface area contributed by atoms with Crippen LogP contribution in [0, 0.1) is 13.8 Å². The molecule has 0 bridgehead atoms. The molecule has 0 spiro atoms. The minimum Gasteiger partial charge on any atom is -0.493 e. The average molecular weight is 439 g/mol. The van der Waals surface area contributed by atoms with Crippen LogP contribution in [0.4, 0.5) is 5.13 Å². The molecule has 4 aromatic rings. The first kappa shape index (κ1) is 20.7. The fourth-order valence-electron chi connectivity index (χ4n) is 3.40. The maximum absolute atomic E-state index is 12.5. The molecular formula is C21H22N6O3S. The molecule has 10 heteroatoms. The standard InChI is InChI=1S/C21H22N6O3S/c1-12-15(13(2)27-20(24-12)22-11-23-27)6-8-19(28)26-21-25-16(10-31-21)14-5-7-17(29-3)18(9-14)30-4/h5,7,9-11H,6,8H2,1-4H3,(H,25,26,28). The molecule has 0 aliphatic rings. The molecule has 3 aromatic heterocycles. The lowest BCUT2D eigenvalue weighted by molar-refractivity contribution is -0.116. The van der Waals surface area contributed by atoms with E-state index in [9.17, 15) is 4.79 Å². The van der Waals surface area contributed by atoms with Crippen molar-refractivity contribution in [3.8, 4) is 22.8 Å². The Morgan fingerprint density at radius 1 is 1.16 bits per heavy atom. The number of carbonyl (C=O) groups excluding carboxylic acids is 1. The highest BCUT2D eigenvalue weighted by Gasteiger charge is 2.14. The summed E-state index contributed by atoms with van der Waals surface area (Å²) in [4.78, 5) is 25.6. The number of hydrogen-bond acceptors (Lipinski definition) is 8. The van der Waals surface area contributed by atoms with E-state index >= 15 is 0 Å². The maximum Gasteiger partial charge on any atom is 0.252 e. The number of amides is 1. The molecule has 160 valence electrons. The van der Waals surface area contributed by atoms with Crippen molar-refractivity contribution in [1.29, 1.82) is 0 Å². The lowest BCUT2D eigenvalue weighted by Gasteiger charge is -2.10. The normalized spacial score (nSPS) is 11.0. The first-order chi connectivity index (χ1) is 15.0.